The Morgan fingerprint density at radius 1 is 0.833 bits per heavy atom. The van der Waals surface area contributed by atoms with E-state index in [4.69, 9.17) is 0 Å². The highest BCUT2D eigenvalue weighted by Crippen LogP contribution is 2.30. The molecule has 2 aromatic rings. The standard InChI is InChI=1S/C18H22/c1-12(2)17-11-18(15(5)10-14(17)4)16-8-6-7-13(3)9-16/h6-12H,1-5H3. The van der Waals surface area contributed by atoms with Gasteiger partial charge in [0.15, 0.2) is 0 Å². The maximum Gasteiger partial charge on any atom is -0.0152 e. The number of hydrogen-bond donors (Lipinski definition) is 0. The van der Waals surface area contributed by atoms with E-state index in [0.29, 0.717) is 5.92 Å². The Bertz CT molecular complexity index is 562. The van der Waals surface area contributed by atoms with Gasteiger partial charge in [-0.3, -0.25) is 0 Å². The molecule has 94 valence electrons. The molecule has 0 bridgehead atoms. The average Bonchev–Trinajstić information content (AvgIpc) is 2.28. The van der Waals surface area contributed by atoms with Crippen LogP contribution in [0.3, 0.4) is 0 Å². The Balaban J connectivity index is 2.60. The van der Waals surface area contributed by atoms with Gasteiger partial charge in [-0.2, -0.15) is 0 Å². The Morgan fingerprint density at radius 3 is 2.17 bits per heavy atom. The Morgan fingerprint density at radius 2 is 1.56 bits per heavy atom. The summed E-state index contributed by atoms with van der Waals surface area (Å²) >= 11 is 0. The molecule has 0 spiro atoms. The first-order chi connectivity index (χ1) is 8.49. The minimum Gasteiger partial charge on any atom is -0.0614 e. The number of benzene rings is 2. The number of aryl methyl sites for hydroxylation is 3. The van der Waals surface area contributed by atoms with E-state index in [0.717, 1.165) is 0 Å². The molecule has 0 fully saturated rings. The summed E-state index contributed by atoms with van der Waals surface area (Å²) in [7, 11) is 0. The van der Waals surface area contributed by atoms with Crippen LogP contribution >= 0.6 is 0 Å². The Hall–Kier alpha value is -1.56. The molecular formula is C18H22. The lowest BCUT2D eigenvalue weighted by molar-refractivity contribution is 0.856. The maximum atomic E-state index is 2.37. The molecule has 0 heterocycles. The summed E-state index contributed by atoms with van der Waals surface area (Å²) in [5, 5.41) is 0. The second-order valence-electron chi connectivity index (χ2n) is 5.55. The average molecular weight is 238 g/mol. The van der Waals surface area contributed by atoms with E-state index in [9.17, 15) is 0 Å². The van der Waals surface area contributed by atoms with Gasteiger partial charge in [-0.15, -0.1) is 0 Å². The summed E-state index contributed by atoms with van der Waals surface area (Å²) < 4.78 is 0. The summed E-state index contributed by atoms with van der Waals surface area (Å²) in [4.78, 5) is 0. The van der Waals surface area contributed by atoms with Crippen LogP contribution in [-0.4, -0.2) is 0 Å². The van der Waals surface area contributed by atoms with Gasteiger partial charge in [0.2, 0.25) is 0 Å². The molecule has 18 heavy (non-hydrogen) atoms. The molecule has 0 aliphatic heterocycles. The second kappa shape index (κ2) is 4.97. The van der Waals surface area contributed by atoms with E-state index in [1.54, 1.807) is 0 Å². The van der Waals surface area contributed by atoms with Crippen LogP contribution in [0.25, 0.3) is 11.1 Å². The van der Waals surface area contributed by atoms with Crippen LogP contribution in [0.15, 0.2) is 36.4 Å². The van der Waals surface area contributed by atoms with Crippen molar-refractivity contribution in [3.63, 3.8) is 0 Å². The van der Waals surface area contributed by atoms with Crippen LogP contribution in [0, 0.1) is 20.8 Å². The lowest BCUT2D eigenvalue weighted by Gasteiger charge is -2.15. The van der Waals surface area contributed by atoms with E-state index >= 15 is 0 Å². The van der Waals surface area contributed by atoms with Gasteiger partial charge in [-0.05, 0) is 54.5 Å². The lowest BCUT2D eigenvalue weighted by atomic mass is 9.90. The molecule has 0 nitrogen and oxygen atoms in total. The fourth-order valence-electron chi connectivity index (χ4n) is 2.61. The monoisotopic (exact) mass is 238 g/mol. The topological polar surface area (TPSA) is 0 Å². The Kier molecular flexibility index (Phi) is 3.56. The van der Waals surface area contributed by atoms with Gasteiger partial charge >= 0.3 is 0 Å². The first-order valence-electron chi connectivity index (χ1n) is 6.67. The molecule has 0 aliphatic rings. The molecule has 0 heteroatoms. The fourth-order valence-corrected chi connectivity index (χ4v) is 2.61. The van der Waals surface area contributed by atoms with E-state index in [1.165, 1.54) is 33.4 Å². The van der Waals surface area contributed by atoms with Gasteiger partial charge in [-0.1, -0.05) is 55.8 Å². The highest BCUT2D eigenvalue weighted by atomic mass is 14.1. The van der Waals surface area contributed by atoms with Crippen molar-refractivity contribution in [3.8, 4) is 11.1 Å². The maximum absolute atomic E-state index is 2.37. The van der Waals surface area contributed by atoms with Crippen molar-refractivity contribution < 1.29 is 0 Å². The van der Waals surface area contributed by atoms with Crippen molar-refractivity contribution in [1.29, 1.82) is 0 Å². The molecule has 0 amide bonds. The zero-order chi connectivity index (χ0) is 13.3. The quantitative estimate of drug-likeness (QED) is 0.657. The fraction of sp³-hybridized carbons (Fsp3) is 0.333. The molecule has 0 aliphatic carbocycles. The molecule has 0 atom stereocenters. The number of hydrogen-bond acceptors (Lipinski definition) is 0. The van der Waals surface area contributed by atoms with E-state index in [-0.39, 0.29) is 0 Å². The van der Waals surface area contributed by atoms with E-state index in [1.807, 2.05) is 0 Å². The van der Waals surface area contributed by atoms with Crippen molar-refractivity contribution in [2.45, 2.75) is 40.5 Å². The normalized spacial score (nSPS) is 11.0. The molecule has 0 saturated carbocycles. The van der Waals surface area contributed by atoms with Gasteiger partial charge in [0, 0.05) is 0 Å². The van der Waals surface area contributed by atoms with Gasteiger partial charge in [0.05, 0.1) is 0 Å². The van der Waals surface area contributed by atoms with Gasteiger partial charge in [0.1, 0.15) is 0 Å². The first-order valence-corrected chi connectivity index (χ1v) is 6.67. The van der Waals surface area contributed by atoms with E-state index < -0.39 is 0 Å². The van der Waals surface area contributed by atoms with Gasteiger partial charge < -0.3 is 0 Å². The predicted octanol–water partition coefficient (Wildman–Crippen LogP) is 5.40. The summed E-state index contributed by atoms with van der Waals surface area (Å²) in [6.45, 7) is 11.1. The van der Waals surface area contributed by atoms with Crippen LogP contribution in [0.5, 0.6) is 0 Å². The zero-order valence-electron chi connectivity index (χ0n) is 12.0. The van der Waals surface area contributed by atoms with Crippen LogP contribution in [0.1, 0.15) is 42.0 Å². The van der Waals surface area contributed by atoms with Crippen molar-refractivity contribution in [2.75, 3.05) is 0 Å². The molecular weight excluding hydrogens is 216 g/mol. The summed E-state index contributed by atoms with van der Waals surface area (Å²) in [5.74, 6) is 0.578. The SMILES string of the molecule is Cc1cccc(-c2cc(C(C)C)c(C)cc2C)c1. The van der Waals surface area contributed by atoms with Gasteiger partial charge in [0.25, 0.3) is 0 Å². The lowest BCUT2D eigenvalue weighted by Crippen LogP contribution is -1.95. The summed E-state index contributed by atoms with van der Waals surface area (Å²) in [5.41, 5.74) is 8.24. The minimum absolute atomic E-state index is 0.578. The second-order valence-corrected chi connectivity index (χ2v) is 5.55. The smallest absolute Gasteiger partial charge is 0.0152 e. The third kappa shape index (κ3) is 2.48. The van der Waals surface area contributed by atoms with Crippen LogP contribution in [0.4, 0.5) is 0 Å². The number of rotatable bonds is 2. The van der Waals surface area contributed by atoms with Gasteiger partial charge in [-0.25, -0.2) is 0 Å². The highest BCUT2D eigenvalue weighted by Gasteiger charge is 2.09. The Labute approximate surface area is 111 Å². The molecule has 0 N–H and O–H groups in total. The highest BCUT2D eigenvalue weighted by molar-refractivity contribution is 5.69. The molecule has 0 unspecified atom stereocenters. The predicted molar refractivity (Wildman–Crippen MR) is 80.2 cm³/mol. The van der Waals surface area contributed by atoms with Crippen LogP contribution < -0.4 is 0 Å². The molecule has 0 aromatic heterocycles. The first kappa shape index (κ1) is 12.9. The van der Waals surface area contributed by atoms with Crippen molar-refractivity contribution in [3.05, 3.63) is 58.7 Å². The van der Waals surface area contributed by atoms with Crippen LogP contribution in [0.2, 0.25) is 0 Å². The van der Waals surface area contributed by atoms with Crippen molar-refractivity contribution >= 4 is 0 Å². The molecule has 2 rings (SSSR count). The molecule has 0 radical (unpaired) electrons. The van der Waals surface area contributed by atoms with E-state index in [2.05, 4.69) is 71.0 Å². The molecule has 0 saturated heterocycles. The third-order valence-corrected chi connectivity index (χ3v) is 3.56. The summed E-state index contributed by atoms with van der Waals surface area (Å²) in [6, 6.07) is 13.4. The largest absolute Gasteiger partial charge is 0.0614 e. The summed E-state index contributed by atoms with van der Waals surface area (Å²) in [6.07, 6.45) is 0. The molecule has 2 aromatic carbocycles. The van der Waals surface area contributed by atoms with Crippen molar-refractivity contribution in [2.24, 2.45) is 0 Å². The van der Waals surface area contributed by atoms with Crippen molar-refractivity contribution in [1.82, 2.24) is 0 Å². The third-order valence-electron chi connectivity index (χ3n) is 3.56. The zero-order valence-corrected chi connectivity index (χ0v) is 12.0. The van der Waals surface area contributed by atoms with Crippen LogP contribution in [-0.2, 0) is 0 Å². The minimum atomic E-state index is 0.578.